The van der Waals surface area contributed by atoms with Crippen molar-refractivity contribution >= 4 is 0 Å². The van der Waals surface area contributed by atoms with Crippen molar-refractivity contribution < 1.29 is 5.11 Å². The van der Waals surface area contributed by atoms with E-state index in [1.54, 1.807) is 0 Å². The minimum absolute atomic E-state index is 0.0906. The van der Waals surface area contributed by atoms with Gasteiger partial charge < -0.3 is 14.9 Å². The van der Waals surface area contributed by atoms with Crippen LogP contribution in [0.25, 0.3) is 0 Å². The van der Waals surface area contributed by atoms with Crippen molar-refractivity contribution in [3.05, 3.63) is 0 Å². The topological polar surface area (TPSA) is 26.7 Å². The monoisotopic (exact) mass is 240 g/mol. The summed E-state index contributed by atoms with van der Waals surface area (Å²) in [5.74, 6) is 0.541. The van der Waals surface area contributed by atoms with Gasteiger partial charge >= 0.3 is 0 Å². The number of rotatable bonds is 4. The van der Waals surface area contributed by atoms with Gasteiger partial charge in [0.15, 0.2) is 0 Å². The van der Waals surface area contributed by atoms with Crippen LogP contribution < -0.4 is 0 Å². The van der Waals surface area contributed by atoms with Gasteiger partial charge in [-0.3, -0.25) is 0 Å². The lowest BCUT2D eigenvalue weighted by Crippen LogP contribution is -2.43. The molecule has 2 aliphatic heterocycles. The molecule has 0 amide bonds. The van der Waals surface area contributed by atoms with Gasteiger partial charge in [-0.05, 0) is 64.3 Å². The summed E-state index contributed by atoms with van der Waals surface area (Å²) in [4.78, 5) is 4.95. The standard InChI is InChI=1S/C14H28N2O/c1-2-15-10-6-13(7-11-15)14(17)12-16-8-4-3-5-9-16/h13-14,17H,2-12H2,1H3. The average molecular weight is 240 g/mol. The number of hydrogen-bond donors (Lipinski definition) is 1. The van der Waals surface area contributed by atoms with E-state index in [0.717, 1.165) is 13.1 Å². The summed E-state index contributed by atoms with van der Waals surface area (Å²) in [6.07, 6.45) is 6.29. The molecule has 17 heavy (non-hydrogen) atoms. The average Bonchev–Trinajstić information content (AvgIpc) is 2.40. The van der Waals surface area contributed by atoms with Crippen LogP contribution in [0.15, 0.2) is 0 Å². The van der Waals surface area contributed by atoms with E-state index in [0.29, 0.717) is 5.92 Å². The van der Waals surface area contributed by atoms with Crippen LogP contribution in [0.3, 0.4) is 0 Å². The third-order valence-electron chi connectivity index (χ3n) is 4.52. The van der Waals surface area contributed by atoms with Crippen molar-refractivity contribution in [3.63, 3.8) is 0 Å². The lowest BCUT2D eigenvalue weighted by Gasteiger charge is -2.36. The zero-order valence-corrected chi connectivity index (χ0v) is 11.3. The molecule has 3 heteroatoms. The molecule has 1 unspecified atom stereocenters. The fourth-order valence-electron chi connectivity index (χ4n) is 3.21. The number of aliphatic hydroxyl groups is 1. The second kappa shape index (κ2) is 6.72. The molecule has 0 aromatic rings. The third-order valence-corrected chi connectivity index (χ3v) is 4.52. The van der Waals surface area contributed by atoms with Gasteiger partial charge in [-0.25, -0.2) is 0 Å². The van der Waals surface area contributed by atoms with Crippen LogP contribution in [0.2, 0.25) is 0 Å². The summed E-state index contributed by atoms with van der Waals surface area (Å²) in [6, 6.07) is 0. The second-order valence-electron chi connectivity index (χ2n) is 5.70. The molecule has 0 bridgehead atoms. The van der Waals surface area contributed by atoms with Gasteiger partial charge in [-0.15, -0.1) is 0 Å². The summed E-state index contributed by atoms with van der Waals surface area (Å²) in [5, 5.41) is 10.3. The summed E-state index contributed by atoms with van der Waals surface area (Å²) >= 11 is 0. The molecule has 3 nitrogen and oxygen atoms in total. The molecule has 2 saturated heterocycles. The van der Waals surface area contributed by atoms with E-state index in [4.69, 9.17) is 0 Å². The smallest absolute Gasteiger partial charge is 0.0696 e. The lowest BCUT2D eigenvalue weighted by atomic mass is 9.90. The number of hydrogen-bond acceptors (Lipinski definition) is 3. The van der Waals surface area contributed by atoms with E-state index in [9.17, 15) is 5.11 Å². The van der Waals surface area contributed by atoms with Gasteiger partial charge in [0, 0.05) is 6.54 Å². The van der Waals surface area contributed by atoms with E-state index in [1.165, 1.54) is 58.3 Å². The minimum atomic E-state index is -0.0906. The van der Waals surface area contributed by atoms with Crippen molar-refractivity contribution in [2.45, 2.75) is 45.1 Å². The first-order chi connectivity index (χ1) is 8.29. The quantitative estimate of drug-likeness (QED) is 0.808. The Morgan fingerprint density at radius 1 is 1.00 bits per heavy atom. The molecule has 2 heterocycles. The third kappa shape index (κ3) is 3.94. The maximum absolute atomic E-state index is 10.3. The Bertz CT molecular complexity index is 208. The van der Waals surface area contributed by atoms with E-state index in [2.05, 4.69) is 16.7 Å². The molecule has 0 aliphatic carbocycles. The maximum atomic E-state index is 10.3. The van der Waals surface area contributed by atoms with Crippen molar-refractivity contribution in [3.8, 4) is 0 Å². The number of likely N-dealkylation sites (tertiary alicyclic amines) is 2. The highest BCUT2D eigenvalue weighted by atomic mass is 16.3. The van der Waals surface area contributed by atoms with E-state index in [1.807, 2.05) is 0 Å². The SMILES string of the molecule is CCN1CCC(C(O)CN2CCCCC2)CC1. The number of β-amino-alcohol motifs (C(OH)–C–C–N with tert-alkyl or cyclic N) is 1. The molecule has 0 aromatic heterocycles. The largest absolute Gasteiger partial charge is 0.392 e. The molecule has 0 radical (unpaired) electrons. The Morgan fingerprint density at radius 2 is 1.65 bits per heavy atom. The fraction of sp³-hybridized carbons (Fsp3) is 1.00. The zero-order valence-electron chi connectivity index (χ0n) is 11.3. The van der Waals surface area contributed by atoms with Crippen LogP contribution in [-0.2, 0) is 0 Å². The molecule has 1 N–H and O–H groups in total. The van der Waals surface area contributed by atoms with Crippen LogP contribution >= 0.6 is 0 Å². The van der Waals surface area contributed by atoms with Crippen LogP contribution in [0, 0.1) is 5.92 Å². The van der Waals surface area contributed by atoms with E-state index in [-0.39, 0.29) is 6.10 Å². The van der Waals surface area contributed by atoms with Crippen LogP contribution in [0.5, 0.6) is 0 Å². The molecule has 1 atom stereocenters. The number of nitrogens with zero attached hydrogens (tertiary/aromatic N) is 2. The van der Waals surface area contributed by atoms with Crippen molar-refractivity contribution in [2.24, 2.45) is 5.92 Å². The fourth-order valence-corrected chi connectivity index (χ4v) is 3.21. The van der Waals surface area contributed by atoms with E-state index >= 15 is 0 Å². The summed E-state index contributed by atoms with van der Waals surface area (Å²) < 4.78 is 0. The second-order valence-corrected chi connectivity index (χ2v) is 5.70. The Labute approximate surface area is 106 Å². The summed E-state index contributed by atoms with van der Waals surface area (Å²) in [5.41, 5.74) is 0. The molecular weight excluding hydrogens is 212 g/mol. The highest BCUT2D eigenvalue weighted by Gasteiger charge is 2.26. The molecule has 0 aromatic carbocycles. The summed E-state index contributed by atoms with van der Waals surface area (Å²) in [6.45, 7) is 9.06. The zero-order chi connectivity index (χ0) is 12.1. The highest BCUT2D eigenvalue weighted by molar-refractivity contribution is 4.80. The Kier molecular flexibility index (Phi) is 5.26. The minimum Gasteiger partial charge on any atom is -0.392 e. The Balaban J connectivity index is 1.70. The van der Waals surface area contributed by atoms with Gasteiger partial charge in [0.05, 0.1) is 6.10 Å². The van der Waals surface area contributed by atoms with Crippen LogP contribution in [0.1, 0.15) is 39.0 Å². The van der Waals surface area contributed by atoms with Gasteiger partial charge in [0.25, 0.3) is 0 Å². The molecular formula is C14H28N2O. The number of aliphatic hydroxyl groups excluding tert-OH is 1. The highest BCUT2D eigenvalue weighted by Crippen LogP contribution is 2.22. The maximum Gasteiger partial charge on any atom is 0.0696 e. The van der Waals surface area contributed by atoms with Gasteiger partial charge in [0.2, 0.25) is 0 Å². The summed E-state index contributed by atoms with van der Waals surface area (Å²) in [7, 11) is 0. The first-order valence-electron chi connectivity index (χ1n) is 7.42. The Hall–Kier alpha value is -0.120. The van der Waals surface area contributed by atoms with Crippen LogP contribution in [0.4, 0.5) is 0 Å². The predicted octanol–water partition coefficient (Wildman–Crippen LogP) is 1.57. The normalized spacial score (nSPS) is 27.2. The molecule has 0 saturated carbocycles. The van der Waals surface area contributed by atoms with Crippen molar-refractivity contribution in [2.75, 3.05) is 39.3 Å². The first kappa shape index (κ1) is 13.3. The van der Waals surface area contributed by atoms with Gasteiger partial charge in [-0.1, -0.05) is 13.3 Å². The first-order valence-corrected chi connectivity index (χ1v) is 7.42. The predicted molar refractivity (Wildman–Crippen MR) is 71.1 cm³/mol. The molecule has 100 valence electrons. The molecule has 2 fully saturated rings. The molecule has 0 spiro atoms. The van der Waals surface area contributed by atoms with Crippen molar-refractivity contribution in [1.29, 1.82) is 0 Å². The van der Waals surface area contributed by atoms with Gasteiger partial charge in [0.1, 0.15) is 0 Å². The van der Waals surface area contributed by atoms with Gasteiger partial charge in [-0.2, -0.15) is 0 Å². The number of piperidine rings is 2. The van der Waals surface area contributed by atoms with Crippen LogP contribution in [-0.4, -0.2) is 60.3 Å². The lowest BCUT2D eigenvalue weighted by molar-refractivity contribution is 0.0280. The molecule has 2 aliphatic rings. The molecule has 2 rings (SSSR count). The van der Waals surface area contributed by atoms with Crippen molar-refractivity contribution in [1.82, 2.24) is 9.80 Å². The Morgan fingerprint density at radius 3 is 2.24 bits per heavy atom. The van der Waals surface area contributed by atoms with E-state index < -0.39 is 0 Å².